The lowest BCUT2D eigenvalue weighted by Crippen LogP contribution is -2.31. The average Bonchev–Trinajstić information content (AvgIpc) is 2.43. The van der Waals surface area contributed by atoms with Gasteiger partial charge in [0.25, 0.3) is 0 Å². The Labute approximate surface area is 125 Å². The van der Waals surface area contributed by atoms with Crippen LogP contribution in [0.5, 0.6) is 5.75 Å². The number of rotatable bonds is 8. The number of carboxylic acids is 1. The summed E-state index contributed by atoms with van der Waals surface area (Å²) in [6.45, 7) is 4.26. The van der Waals surface area contributed by atoms with Gasteiger partial charge >= 0.3 is 5.97 Å². The Morgan fingerprint density at radius 2 is 2.10 bits per heavy atom. The number of carbonyl (C=O) groups is 2. The molecule has 0 spiro atoms. The molecular formula is C16H23NO4. The summed E-state index contributed by atoms with van der Waals surface area (Å²) in [5, 5.41) is 11.6. The van der Waals surface area contributed by atoms with Crippen LogP contribution in [0.3, 0.4) is 0 Å². The first-order valence-electron chi connectivity index (χ1n) is 7.08. The number of aryl methyl sites for hydroxylation is 1. The van der Waals surface area contributed by atoms with E-state index in [1.807, 2.05) is 32.0 Å². The van der Waals surface area contributed by atoms with Crippen LogP contribution in [-0.2, 0) is 16.0 Å². The molecule has 0 radical (unpaired) electrons. The normalized spacial score (nSPS) is 11.8. The number of aliphatic carboxylic acids is 1. The fraction of sp³-hybridized carbons (Fsp3) is 0.500. The largest absolute Gasteiger partial charge is 0.496 e. The summed E-state index contributed by atoms with van der Waals surface area (Å²) in [7, 11) is 1.58. The highest BCUT2D eigenvalue weighted by Gasteiger charge is 2.14. The van der Waals surface area contributed by atoms with Crippen molar-refractivity contribution in [2.75, 3.05) is 13.7 Å². The van der Waals surface area contributed by atoms with Crippen LogP contribution in [0.4, 0.5) is 0 Å². The molecule has 0 fully saturated rings. The highest BCUT2D eigenvalue weighted by molar-refractivity contribution is 5.79. The molecule has 0 bridgehead atoms. The molecule has 1 atom stereocenters. The van der Waals surface area contributed by atoms with E-state index in [0.29, 0.717) is 12.3 Å². The van der Waals surface area contributed by atoms with Gasteiger partial charge in [0.15, 0.2) is 0 Å². The number of ether oxygens (including phenoxy) is 1. The van der Waals surface area contributed by atoms with Crippen LogP contribution in [-0.4, -0.2) is 30.6 Å². The van der Waals surface area contributed by atoms with E-state index in [-0.39, 0.29) is 24.7 Å². The van der Waals surface area contributed by atoms with Gasteiger partial charge in [0, 0.05) is 18.5 Å². The van der Waals surface area contributed by atoms with Crippen LogP contribution < -0.4 is 10.1 Å². The Bertz CT molecular complexity index is 499. The molecule has 0 aliphatic rings. The Balaban J connectivity index is 2.57. The summed E-state index contributed by atoms with van der Waals surface area (Å²) < 4.78 is 5.24. The molecule has 0 aliphatic heterocycles. The third kappa shape index (κ3) is 5.85. The number of hydrogen-bond acceptors (Lipinski definition) is 3. The van der Waals surface area contributed by atoms with Gasteiger partial charge in [-0.2, -0.15) is 0 Å². The lowest BCUT2D eigenvalue weighted by atomic mass is 10.0. The first-order valence-corrected chi connectivity index (χ1v) is 7.08. The predicted octanol–water partition coefficient (Wildman–Crippen LogP) is 2.16. The number of nitrogens with one attached hydrogen (secondary N) is 1. The number of benzene rings is 1. The zero-order valence-electron chi connectivity index (χ0n) is 12.8. The van der Waals surface area contributed by atoms with Gasteiger partial charge in [-0.1, -0.05) is 31.0 Å². The minimum Gasteiger partial charge on any atom is -0.496 e. The number of hydrogen-bond donors (Lipinski definition) is 2. The molecule has 0 heterocycles. The van der Waals surface area contributed by atoms with Crippen molar-refractivity contribution < 1.29 is 19.4 Å². The lowest BCUT2D eigenvalue weighted by Gasteiger charge is -2.14. The van der Waals surface area contributed by atoms with Gasteiger partial charge < -0.3 is 15.2 Å². The van der Waals surface area contributed by atoms with Crippen molar-refractivity contribution in [3.05, 3.63) is 29.3 Å². The van der Waals surface area contributed by atoms with Gasteiger partial charge in [-0.15, -0.1) is 0 Å². The van der Waals surface area contributed by atoms with Gasteiger partial charge in [0.05, 0.1) is 13.5 Å². The van der Waals surface area contributed by atoms with E-state index in [9.17, 15) is 9.59 Å². The molecule has 0 aromatic heterocycles. The molecule has 0 saturated heterocycles. The summed E-state index contributed by atoms with van der Waals surface area (Å²) in [5.74, 6) is -0.307. The second-order valence-corrected chi connectivity index (χ2v) is 5.17. The van der Waals surface area contributed by atoms with Crippen LogP contribution in [0.1, 0.15) is 30.9 Å². The summed E-state index contributed by atoms with van der Waals surface area (Å²) in [6.07, 6.45) is 1.03. The van der Waals surface area contributed by atoms with Crippen LogP contribution in [0.2, 0.25) is 0 Å². The predicted molar refractivity (Wildman–Crippen MR) is 80.5 cm³/mol. The van der Waals surface area contributed by atoms with Crippen molar-refractivity contribution >= 4 is 11.9 Å². The minimum absolute atomic E-state index is 0.0362. The zero-order valence-corrected chi connectivity index (χ0v) is 12.8. The van der Waals surface area contributed by atoms with E-state index < -0.39 is 5.97 Å². The van der Waals surface area contributed by atoms with Crippen molar-refractivity contribution in [1.29, 1.82) is 0 Å². The van der Waals surface area contributed by atoms with Crippen LogP contribution in [0.25, 0.3) is 0 Å². The first-order chi connectivity index (χ1) is 9.96. The smallest absolute Gasteiger partial charge is 0.303 e. The maximum Gasteiger partial charge on any atom is 0.303 e. The Morgan fingerprint density at radius 3 is 2.67 bits per heavy atom. The van der Waals surface area contributed by atoms with E-state index >= 15 is 0 Å². The average molecular weight is 293 g/mol. The summed E-state index contributed by atoms with van der Waals surface area (Å²) in [6, 6.07) is 5.70. The van der Waals surface area contributed by atoms with E-state index in [1.165, 1.54) is 0 Å². The van der Waals surface area contributed by atoms with Crippen molar-refractivity contribution in [2.24, 2.45) is 5.92 Å². The standard InChI is InChI=1S/C16H23NO4/c1-4-12(8-16(19)20)10-17-15(18)9-13-7-11(2)5-6-14(13)21-3/h5-7,12H,4,8-10H2,1-3H3,(H,17,18)(H,19,20). The van der Waals surface area contributed by atoms with Crippen LogP contribution in [0.15, 0.2) is 18.2 Å². The fourth-order valence-corrected chi connectivity index (χ4v) is 2.15. The number of carboxylic acid groups (broad SMARTS) is 1. The molecule has 1 aromatic rings. The van der Waals surface area contributed by atoms with Gasteiger partial charge in [-0.3, -0.25) is 9.59 Å². The fourth-order valence-electron chi connectivity index (χ4n) is 2.15. The molecule has 1 aromatic carbocycles. The highest BCUT2D eigenvalue weighted by atomic mass is 16.5. The van der Waals surface area contributed by atoms with Gasteiger partial charge in [0.2, 0.25) is 5.91 Å². The van der Waals surface area contributed by atoms with E-state index in [0.717, 1.165) is 17.5 Å². The molecule has 2 N–H and O–H groups in total. The van der Waals surface area contributed by atoms with E-state index in [1.54, 1.807) is 7.11 Å². The topological polar surface area (TPSA) is 75.6 Å². The molecule has 21 heavy (non-hydrogen) atoms. The molecule has 1 amide bonds. The van der Waals surface area contributed by atoms with Crippen molar-refractivity contribution in [3.63, 3.8) is 0 Å². The number of amides is 1. The SMILES string of the molecule is CCC(CNC(=O)Cc1cc(C)ccc1OC)CC(=O)O. The second kappa shape index (κ2) is 8.29. The van der Waals surface area contributed by atoms with E-state index in [4.69, 9.17) is 9.84 Å². The molecule has 5 heteroatoms. The molecule has 1 unspecified atom stereocenters. The highest BCUT2D eigenvalue weighted by Crippen LogP contribution is 2.20. The van der Waals surface area contributed by atoms with Crippen molar-refractivity contribution in [1.82, 2.24) is 5.32 Å². The summed E-state index contributed by atoms with van der Waals surface area (Å²) in [4.78, 5) is 22.7. The Morgan fingerprint density at radius 1 is 1.38 bits per heavy atom. The van der Waals surface area contributed by atoms with Gasteiger partial charge in [-0.05, 0) is 18.9 Å². The quantitative estimate of drug-likeness (QED) is 0.770. The molecule has 116 valence electrons. The molecular weight excluding hydrogens is 270 g/mol. The third-order valence-electron chi connectivity index (χ3n) is 3.42. The third-order valence-corrected chi connectivity index (χ3v) is 3.42. The van der Waals surface area contributed by atoms with E-state index in [2.05, 4.69) is 5.32 Å². The maximum atomic E-state index is 12.0. The first kappa shape index (κ1) is 17.0. The number of methoxy groups -OCH3 is 1. The molecule has 0 saturated carbocycles. The number of carbonyl (C=O) groups excluding carboxylic acids is 1. The van der Waals surface area contributed by atoms with Gasteiger partial charge in [0.1, 0.15) is 5.75 Å². The van der Waals surface area contributed by atoms with Crippen LogP contribution >= 0.6 is 0 Å². The Kier molecular flexibility index (Phi) is 6.72. The monoisotopic (exact) mass is 293 g/mol. The van der Waals surface area contributed by atoms with Crippen molar-refractivity contribution in [3.8, 4) is 5.75 Å². The summed E-state index contributed by atoms with van der Waals surface area (Å²) in [5.41, 5.74) is 1.90. The Hall–Kier alpha value is -2.04. The van der Waals surface area contributed by atoms with Gasteiger partial charge in [-0.25, -0.2) is 0 Å². The second-order valence-electron chi connectivity index (χ2n) is 5.17. The molecule has 5 nitrogen and oxygen atoms in total. The molecule has 1 rings (SSSR count). The summed E-state index contributed by atoms with van der Waals surface area (Å²) >= 11 is 0. The lowest BCUT2D eigenvalue weighted by molar-refractivity contribution is -0.138. The maximum absolute atomic E-state index is 12.0. The van der Waals surface area contributed by atoms with Crippen LogP contribution in [0, 0.1) is 12.8 Å². The zero-order chi connectivity index (χ0) is 15.8. The molecule has 0 aliphatic carbocycles. The minimum atomic E-state index is -0.837. The van der Waals surface area contributed by atoms with Crippen molar-refractivity contribution in [2.45, 2.75) is 33.1 Å².